The number of carbonyl (C=O) groups is 1. The van der Waals surface area contributed by atoms with Crippen molar-refractivity contribution in [3.63, 3.8) is 0 Å². The third kappa shape index (κ3) is 3.80. The van der Waals surface area contributed by atoms with Gasteiger partial charge >= 0.3 is 0 Å². The van der Waals surface area contributed by atoms with Crippen LogP contribution >= 0.6 is 11.6 Å². The smallest absolute Gasteiger partial charge is 0.222 e. The number of amides is 1. The molecule has 2 aromatic carbocycles. The van der Waals surface area contributed by atoms with Gasteiger partial charge in [0.05, 0.1) is 0 Å². The minimum atomic E-state index is 0.187. The second-order valence-corrected chi connectivity index (χ2v) is 6.81. The van der Waals surface area contributed by atoms with Gasteiger partial charge in [-0.1, -0.05) is 60.1 Å². The highest BCUT2D eigenvalue weighted by molar-refractivity contribution is 6.31. The summed E-state index contributed by atoms with van der Waals surface area (Å²) in [5.41, 5.74) is 8.26. The Morgan fingerprint density at radius 1 is 1.08 bits per heavy atom. The van der Waals surface area contributed by atoms with Crippen molar-refractivity contribution in [1.82, 2.24) is 4.90 Å². The van der Waals surface area contributed by atoms with Gasteiger partial charge in [0, 0.05) is 30.5 Å². The van der Waals surface area contributed by atoms with Crippen LogP contribution in [0.25, 0.3) is 0 Å². The van der Waals surface area contributed by atoms with E-state index in [1.807, 2.05) is 47.4 Å². The van der Waals surface area contributed by atoms with Gasteiger partial charge in [-0.05, 0) is 36.1 Å². The van der Waals surface area contributed by atoms with E-state index in [0.717, 1.165) is 23.7 Å². The van der Waals surface area contributed by atoms with Gasteiger partial charge in [-0.2, -0.15) is 0 Å². The average molecular weight is 343 g/mol. The van der Waals surface area contributed by atoms with Gasteiger partial charge in [-0.25, -0.2) is 0 Å². The predicted molar refractivity (Wildman–Crippen MR) is 98.1 cm³/mol. The molecule has 3 rings (SSSR count). The lowest BCUT2D eigenvalue weighted by molar-refractivity contribution is -0.130. The van der Waals surface area contributed by atoms with E-state index in [1.165, 1.54) is 5.56 Å². The molecule has 0 spiro atoms. The minimum Gasteiger partial charge on any atom is -0.342 e. The maximum atomic E-state index is 12.6. The van der Waals surface area contributed by atoms with Gasteiger partial charge in [0.25, 0.3) is 0 Å². The highest BCUT2D eigenvalue weighted by atomic mass is 35.5. The van der Waals surface area contributed by atoms with E-state index in [2.05, 4.69) is 12.1 Å². The molecule has 0 radical (unpaired) electrons. The summed E-state index contributed by atoms with van der Waals surface area (Å²) >= 11 is 6.17. The van der Waals surface area contributed by atoms with Crippen LogP contribution in [0.15, 0.2) is 54.6 Å². The first kappa shape index (κ1) is 17.0. The zero-order chi connectivity index (χ0) is 16.9. The number of rotatable bonds is 5. The SMILES string of the molecule is NC[C@@H]1CN(C(=O)CCc2ccccc2Cl)C[C@H]1c1ccccc1. The molecule has 2 N–H and O–H groups in total. The number of carbonyl (C=O) groups excluding carboxylic acids is 1. The van der Waals surface area contributed by atoms with E-state index >= 15 is 0 Å². The monoisotopic (exact) mass is 342 g/mol. The largest absolute Gasteiger partial charge is 0.342 e. The zero-order valence-corrected chi connectivity index (χ0v) is 14.5. The highest BCUT2D eigenvalue weighted by Crippen LogP contribution is 2.32. The second-order valence-electron chi connectivity index (χ2n) is 6.40. The summed E-state index contributed by atoms with van der Waals surface area (Å²) in [6.45, 7) is 2.11. The maximum absolute atomic E-state index is 12.6. The van der Waals surface area contributed by atoms with E-state index in [0.29, 0.717) is 31.2 Å². The van der Waals surface area contributed by atoms with E-state index in [1.54, 1.807) is 0 Å². The Labute approximate surface area is 148 Å². The van der Waals surface area contributed by atoms with E-state index in [-0.39, 0.29) is 5.91 Å². The van der Waals surface area contributed by atoms with Crippen LogP contribution in [0.3, 0.4) is 0 Å². The summed E-state index contributed by atoms with van der Waals surface area (Å²) in [6, 6.07) is 18.1. The van der Waals surface area contributed by atoms with Gasteiger partial charge in [-0.3, -0.25) is 4.79 Å². The van der Waals surface area contributed by atoms with Gasteiger partial charge < -0.3 is 10.6 Å². The molecule has 126 valence electrons. The molecule has 0 unspecified atom stereocenters. The normalized spacial score (nSPS) is 20.3. The van der Waals surface area contributed by atoms with Crippen LogP contribution in [0.4, 0.5) is 0 Å². The van der Waals surface area contributed by atoms with Crippen molar-refractivity contribution < 1.29 is 4.79 Å². The summed E-state index contributed by atoms with van der Waals surface area (Å²) in [6.07, 6.45) is 1.17. The Morgan fingerprint density at radius 3 is 2.50 bits per heavy atom. The molecule has 1 amide bonds. The molecular weight excluding hydrogens is 320 g/mol. The van der Waals surface area contributed by atoms with Gasteiger partial charge in [0.1, 0.15) is 0 Å². The van der Waals surface area contributed by atoms with Crippen LogP contribution < -0.4 is 5.73 Å². The van der Waals surface area contributed by atoms with Crippen LogP contribution in [0.1, 0.15) is 23.5 Å². The van der Waals surface area contributed by atoms with E-state index in [9.17, 15) is 4.79 Å². The molecule has 24 heavy (non-hydrogen) atoms. The average Bonchev–Trinajstić information content (AvgIpc) is 3.06. The first-order valence-corrected chi connectivity index (χ1v) is 8.83. The number of hydrogen-bond donors (Lipinski definition) is 1. The molecule has 1 fully saturated rings. The molecule has 0 saturated carbocycles. The molecule has 0 aliphatic carbocycles. The number of aryl methyl sites for hydroxylation is 1. The fraction of sp³-hybridized carbons (Fsp3) is 0.350. The Kier molecular flexibility index (Phi) is 5.54. The summed E-state index contributed by atoms with van der Waals surface area (Å²) in [4.78, 5) is 14.6. The zero-order valence-electron chi connectivity index (χ0n) is 13.7. The molecule has 0 aromatic heterocycles. The number of nitrogens with zero attached hydrogens (tertiary/aromatic N) is 1. The number of nitrogens with two attached hydrogens (primary N) is 1. The summed E-state index contributed by atoms with van der Waals surface area (Å²) in [5, 5.41) is 0.730. The summed E-state index contributed by atoms with van der Waals surface area (Å²) < 4.78 is 0. The molecule has 1 aliphatic heterocycles. The molecule has 0 bridgehead atoms. The van der Waals surface area contributed by atoms with Crippen LogP contribution in [0.5, 0.6) is 0 Å². The van der Waals surface area contributed by atoms with Crippen LogP contribution in [-0.4, -0.2) is 30.4 Å². The fourth-order valence-corrected chi connectivity index (χ4v) is 3.72. The number of halogens is 1. The lowest BCUT2D eigenvalue weighted by atomic mass is 9.89. The lowest BCUT2D eigenvalue weighted by Gasteiger charge is -2.17. The molecule has 3 nitrogen and oxygen atoms in total. The number of hydrogen-bond acceptors (Lipinski definition) is 2. The molecular formula is C20H23ClN2O. The van der Waals surface area contributed by atoms with Crippen molar-refractivity contribution in [1.29, 1.82) is 0 Å². The minimum absolute atomic E-state index is 0.187. The lowest BCUT2D eigenvalue weighted by Crippen LogP contribution is -2.30. The first-order valence-electron chi connectivity index (χ1n) is 8.45. The highest BCUT2D eigenvalue weighted by Gasteiger charge is 2.34. The van der Waals surface area contributed by atoms with Crippen molar-refractivity contribution in [2.75, 3.05) is 19.6 Å². The topological polar surface area (TPSA) is 46.3 Å². The standard InChI is InChI=1S/C20H23ClN2O/c21-19-9-5-4-8-16(19)10-11-20(24)23-13-17(12-22)18(14-23)15-6-2-1-3-7-15/h1-9,17-18H,10-14,22H2/t17-,18+/m1/s1. The predicted octanol–water partition coefficient (Wildman–Crippen LogP) is 3.47. The Bertz CT molecular complexity index is 689. The van der Waals surface area contributed by atoms with Crippen molar-refractivity contribution in [2.45, 2.75) is 18.8 Å². The van der Waals surface area contributed by atoms with Crippen LogP contribution in [0, 0.1) is 5.92 Å². The third-order valence-corrected chi connectivity index (χ3v) is 5.26. The molecule has 2 aromatic rings. The molecule has 1 saturated heterocycles. The van der Waals surface area contributed by atoms with Crippen LogP contribution in [-0.2, 0) is 11.2 Å². The maximum Gasteiger partial charge on any atom is 0.222 e. The summed E-state index contributed by atoms with van der Waals surface area (Å²) in [5.74, 6) is 0.851. The number of likely N-dealkylation sites (tertiary alicyclic amines) is 1. The summed E-state index contributed by atoms with van der Waals surface area (Å²) in [7, 11) is 0. The van der Waals surface area contributed by atoms with Crippen molar-refractivity contribution in [2.24, 2.45) is 11.7 Å². The van der Waals surface area contributed by atoms with Gasteiger partial charge in [-0.15, -0.1) is 0 Å². The quantitative estimate of drug-likeness (QED) is 0.904. The van der Waals surface area contributed by atoms with Gasteiger partial charge in [0.15, 0.2) is 0 Å². The molecule has 4 heteroatoms. The van der Waals surface area contributed by atoms with Gasteiger partial charge in [0.2, 0.25) is 5.91 Å². The number of benzene rings is 2. The van der Waals surface area contributed by atoms with Crippen molar-refractivity contribution >= 4 is 17.5 Å². The fourth-order valence-electron chi connectivity index (χ4n) is 3.49. The van der Waals surface area contributed by atoms with Crippen molar-refractivity contribution in [3.05, 3.63) is 70.7 Å². The first-order chi connectivity index (χ1) is 11.7. The molecule has 2 atom stereocenters. The molecule has 1 heterocycles. The van der Waals surface area contributed by atoms with Crippen molar-refractivity contribution in [3.8, 4) is 0 Å². The van der Waals surface area contributed by atoms with E-state index < -0.39 is 0 Å². The third-order valence-electron chi connectivity index (χ3n) is 4.89. The Hall–Kier alpha value is -1.84. The molecule has 1 aliphatic rings. The Balaban J connectivity index is 1.63. The Morgan fingerprint density at radius 2 is 1.79 bits per heavy atom. The van der Waals surface area contributed by atoms with Crippen LogP contribution in [0.2, 0.25) is 5.02 Å². The second kappa shape index (κ2) is 7.82. The van der Waals surface area contributed by atoms with E-state index in [4.69, 9.17) is 17.3 Å².